The number of carbonyl (C=O) groups is 1. The van der Waals surface area contributed by atoms with Crippen molar-refractivity contribution in [3.05, 3.63) is 54.1 Å². The SMILES string of the molecule is CSCCC(NS(=O)(=O)c1ccc(C)cc1)C(=O)Nc1cccc(OCC2CCCO2)c1. The van der Waals surface area contributed by atoms with Crippen molar-refractivity contribution in [3.63, 3.8) is 0 Å². The number of nitrogens with one attached hydrogen (secondary N) is 2. The van der Waals surface area contributed by atoms with E-state index in [1.807, 2.05) is 19.2 Å². The zero-order chi connectivity index (χ0) is 23.0. The van der Waals surface area contributed by atoms with Crippen LogP contribution in [0.5, 0.6) is 5.75 Å². The number of amides is 1. The molecule has 1 aliphatic rings. The Labute approximate surface area is 194 Å². The summed E-state index contributed by atoms with van der Waals surface area (Å²) in [5, 5.41) is 2.82. The van der Waals surface area contributed by atoms with E-state index in [1.54, 1.807) is 42.1 Å². The Balaban J connectivity index is 1.66. The molecule has 2 aromatic rings. The van der Waals surface area contributed by atoms with Crippen LogP contribution in [0, 0.1) is 6.92 Å². The van der Waals surface area contributed by atoms with Crippen molar-refractivity contribution in [2.45, 2.75) is 43.2 Å². The first-order valence-electron chi connectivity index (χ1n) is 10.6. The summed E-state index contributed by atoms with van der Waals surface area (Å²) in [6, 6.07) is 12.7. The molecule has 2 unspecified atom stereocenters. The van der Waals surface area contributed by atoms with Crippen LogP contribution in [0.1, 0.15) is 24.8 Å². The number of hydrogen-bond donors (Lipinski definition) is 2. The average Bonchev–Trinajstić information content (AvgIpc) is 3.29. The third kappa shape index (κ3) is 7.23. The molecule has 2 atom stereocenters. The normalized spacial score (nSPS) is 17.1. The molecule has 0 aliphatic carbocycles. The van der Waals surface area contributed by atoms with Gasteiger partial charge in [-0.3, -0.25) is 4.79 Å². The van der Waals surface area contributed by atoms with Crippen molar-refractivity contribution in [2.75, 3.05) is 30.5 Å². The summed E-state index contributed by atoms with van der Waals surface area (Å²) in [4.78, 5) is 13.1. The van der Waals surface area contributed by atoms with Gasteiger partial charge in [0, 0.05) is 18.4 Å². The second kappa shape index (κ2) is 11.7. The molecule has 2 N–H and O–H groups in total. The van der Waals surface area contributed by atoms with E-state index in [2.05, 4.69) is 10.0 Å². The van der Waals surface area contributed by atoms with Crippen LogP contribution >= 0.6 is 11.8 Å². The number of hydrogen-bond acceptors (Lipinski definition) is 6. The van der Waals surface area contributed by atoms with Gasteiger partial charge in [-0.1, -0.05) is 23.8 Å². The van der Waals surface area contributed by atoms with Gasteiger partial charge in [-0.25, -0.2) is 8.42 Å². The van der Waals surface area contributed by atoms with E-state index in [0.717, 1.165) is 25.0 Å². The average molecular weight is 479 g/mol. The van der Waals surface area contributed by atoms with E-state index in [4.69, 9.17) is 9.47 Å². The summed E-state index contributed by atoms with van der Waals surface area (Å²) >= 11 is 1.55. The maximum absolute atomic E-state index is 13.0. The number of aryl methyl sites for hydroxylation is 1. The molecule has 1 heterocycles. The van der Waals surface area contributed by atoms with E-state index in [-0.39, 0.29) is 11.0 Å². The lowest BCUT2D eigenvalue weighted by atomic mass is 10.2. The fourth-order valence-electron chi connectivity index (χ4n) is 3.31. The van der Waals surface area contributed by atoms with E-state index in [0.29, 0.717) is 30.2 Å². The Morgan fingerprint density at radius 2 is 2.03 bits per heavy atom. The van der Waals surface area contributed by atoms with E-state index >= 15 is 0 Å². The second-order valence-electron chi connectivity index (χ2n) is 7.73. The van der Waals surface area contributed by atoms with Gasteiger partial charge in [0.25, 0.3) is 0 Å². The molecule has 1 amide bonds. The van der Waals surface area contributed by atoms with Crippen LogP contribution in [0.3, 0.4) is 0 Å². The standard InChI is InChI=1S/C23H30N2O5S2/c1-17-8-10-21(11-9-17)32(27,28)25-22(12-14-31-2)23(26)24-18-5-3-6-19(15-18)30-16-20-7-4-13-29-20/h3,5-6,8-11,15,20,22,25H,4,7,12-14,16H2,1-2H3,(H,24,26). The van der Waals surface area contributed by atoms with Gasteiger partial charge in [0.2, 0.25) is 15.9 Å². The molecule has 0 spiro atoms. The predicted molar refractivity (Wildman–Crippen MR) is 128 cm³/mol. The minimum absolute atomic E-state index is 0.0975. The highest BCUT2D eigenvalue weighted by Crippen LogP contribution is 2.20. The van der Waals surface area contributed by atoms with Crippen LogP contribution in [0.25, 0.3) is 0 Å². The quantitative estimate of drug-likeness (QED) is 0.513. The van der Waals surface area contributed by atoms with Crippen molar-refractivity contribution < 1.29 is 22.7 Å². The summed E-state index contributed by atoms with van der Waals surface area (Å²) < 4.78 is 39.5. The lowest BCUT2D eigenvalue weighted by molar-refractivity contribution is -0.117. The molecule has 0 saturated carbocycles. The molecular formula is C23H30N2O5S2. The largest absolute Gasteiger partial charge is 0.491 e. The molecule has 1 fully saturated rings. The molecule has 3 rings (SSSR count). The zero-order valence-electron chi connectivity index (χ0n) is 18.4. The number of sulfonamides is 1. The van der Waals surface area contributed by atoms with Gasteiger partial charge in [-0.2, -0.15) is 16.5 Å². The Kier molecular flexibility index (Phi) is 8.98. The highest BCUT2D eigenvalue weighted by molar-refractivity contribution is 7.98. The summed E-state index contributed by atoms with van der Waals surface area (Å²) in [6.07, 6.45) is 4.40. The number of ether oxygens (including phenoxy) is 2. The molecule has 9 heteroatoms. The number of benzene rings is 2. The van der Waals surface area contributed by atoms with Crippen LogP contribution in [0.2, 0.25) is 0 Å². The second-order valence-corrected chi connectivity index (χ2v) is 10.4. The fraction of sp³-hybridized carbons (Fsp3) is 0.435. The van der Waals surface area contributed by atoms with Crippen molar-refractivity contribution >= 4 is 33.4 Å². The maximum Gasteiger partial charge on any atom is 0.242 e. The molecule has 0 bridgehead atoms. The lowest BCUT2D eigenvalue weighted by Gasteiger charge is -2.19. The monoisotopic (exact) mass is 478 g/mol. The van der Waals surface area contributed by atoms with Crippen molar-refractivity contribution in [1.82, 2.24) is 4.72 Å². The number of rotatable bonds is 11. The van der Waals surface area contributed by atoms with Gasteiger partial charge in [0.1, 0.15) is 18.4 Å². The zero-order valence-corrected chi connectivity index (χ0v) is 20.0. The van der Waals surface area contributed by atoms with Gasteiger partial charge < -0.3 is 14.8 Å². The predicted octanol–water partition coefficient (Wildman–Crippen LogP) is 3.59. The smallest absolute Gasteiger partial charge is 0.242 e. The summed E-state index contributed by atoms with van der Waals surface area (Å²) in [6.45, 7) is 3.11. The Morgan fingerprint density at radius 3 is 2.72 bits per heavy atom. The van der Waals surface area contributed by atoms with E-state index in [9.17, 15) is 13.2 Å². The highest BCUT2D eigenvalue weighted by Gasteiger charge is 2.25. The van der Waals surface area contributed by atoms with E-state index < -0.39 is 22.0 Å². The maximum atomic E-state index is 13.0. The first kappa shape index (κ1) is 24.6. The van der Waals surface area contributed by atoms with Crippen molar-refractivity contribution in [2.24, 2.45) is 0 Å². The van der Waals surface area contributed by atoms with Crippen LogP contribution < -0.4 is 14.8 Å². The third-order valence-corrected chi connectivity index (χ3v) is 7.25. The minimum atomic E-state index is -3.83. The van der Waals surface area contributed by atoms with Gasteiger partial charge in [0.05, 0.1) is 11.0 Å². The molecular weight excluding hydrogens is 448 g/mol. The number of carbonyl (C=O) groups excluding carboxylic acids is 1. The minimum Gasteiger partial charge on any atom is -0.491 e. The van der Waals surface area contributed by atoms with Crippen LogP contribution in [0.15, 0.2) is 53.4 Å². The third-order valence-electron chi connectivity index (χ3n) is 5.12. The first-order chi connectivity index (χ1) is 15.4. The van der Waals surface area contributed by atoms with Crippen molar-refractivity contribution in [1.29, 1.82) is 0 Å². The molecule has 2 aromatic carbocycles. The van der Waals surface area contributed by atoms with Gasteiger partial charge in [-0.05, 0) is 62.5 Å². The van der Waals surface area contributed by atoms with Gasteiger partial charge in [-0.15, -0.1) is 0 Å². The Hall–Kier alpha value is -2.07. The lowest BCUT2D eigenvalue weighted by Crippen LogP contribution is -2.44. The van der Waals surface area contributed by atoms with Gasteiger partial charge >= 0.3 is 0 Å². The van der Waals surface area contributed by atoms with Crippen molar-refractivity contribution in [3.8, 4) is 5.75 Å². The molecule has 0 radical (unpaired) electrons. The summed E-state index contributed by atoms with van der Waals surface area (Å²) in [5.74, 6) is 0.851. The molecule has 1 aliphatic heterocycles. The Bertz CT molecular complexity index is 990. The fourth-order valence-corrected chi connectivity index (χ4v) is 5.01. The van der Waals surface area contributed by atoms with E-state index in [1.165, 1.54) is 12.1 Å². The molecule has 1 saturated heterocycles. The van der Waals surface area contributed by atoms with Crippen LogP contribution in [0.4, 0.5) is 5.69 Å². The summed E-state index contributed by atoms with van der Waals surface area (Å²) in [7, 11) is -3.83. The van der Waals surface area contributed by atoms with Gasteiger partial charge in [0.15, 0.2) is 0 Å². The van der Waals surface area contributed by atoms with Crippen LogP contribution in [-0.2, 0) is 19.6 Å². The number of thioether (sulfide) groups is 1. The molecule has 32 heavy (non-hydrogen) atoms. The molecule has 0 aromatic heterocycles. The Morgan fingerprint density at radius 1 is 1.25 bits per heavy atom. The highest BCUT2D eigenvalue weighted by atomic mass is 32.2. The number of anilines is 1. The topological polar surface area (TPSA) is 93.7 Å². The first-order valence-corrected chi connectivity index (χ1v) is 13.5. The van der Waals surface area contributed by atoms with Crippen LogP contribution in [-0.4, -0.2) is 51.7 Å². The molecule has 174 valence electrons. The summed E-state index contributed by atoms with van der Waals surface area (Å²) in [5.41, 5.74) is 1.51. The molecule has 7 nitrogen and oxygen atoms in total.